The van der Waals surface area contributed by atoms with Gasteiger partial charge in [-0.2, -0.15) is 0 Å². The number of hydrogen-bond donors (Lipinski definition) is 2. The highest BCUT2D eigenvalue weighted by Crippen LogP contribution is 2.29. The van der Waals surface area contributed by atoms with Crippen LogP contribution in [0.15, 0.2) is 48.5 Å². The van der Waals surface area contributed by atoms with Crippen LogP contribution in [0.4, 0.5) is 0 Å². The molecule has 3 unspecified atom stereocenters. The normalized spacial score (nSPS) is 18.4. The minimum atomic E-state index is -0.780. The predicted octanol–water partition coefficient (Wildman–Crippen LogP) is 3.56. The number of aliphatic hydroxyl groups excluding tert-OH is 1. The third-order valence-electron chi connectivity index (χ3n) is 5.47. The molecule has 3 rings (SSSR count). The van der Waals surface area contributed by atoms with Crippen molar-refractivity contribution in [3.05, 3.63) is 69.7 Å². The van der Waals surface area contributed by atoms with Gasteiger partial charge < -0.3 is 15.2 Å². The van der Waals surface area contributed by atoms with E-state index < -0.39 is 11.9 Å². The zero-order chi connectivity index (χ0) is 22.4. The van der Waals surface area contributed by atoms with Crippen molar-refractivity contribution in [3.63, 3.8) is 0 Å². The third kappa shape index (κ3) is 6.43. The van der Waals surface area contributed by atoms with Gasteiger partial charge >= 0.3 is 5.97 Å². The summed E-state index contributed by atoms with van der Waals surface area (Å²) in [5, 5.41) is 13.6. The van der Waals surface area contributed by atoms with Crippen LogP contribution < -0.4 is 5.32 Å². The summed E-state index contributed by atoms with van der Waals surface area (Å²) in [6.07, 6.45) is 0.240. The van der Waals surface area contributed by atoms with Gasteiger partial charge in [0.15, 0.2) is 0 Å². The highest BCUT2D eigenvalue weighted by Gasteiger charge is 2.29. The van der Waals surface area contributed by atoms with Gasteiger partial charge in [0.1, 0.15) is 0 Å². The summed E-state index contributed by atoms with van der Waals surface area (Å²) < 4.78 is 4.80. The van der Waals surface area contributed by atoms with Gasteiger partial charge in [-0.15, -0.1) is 0 Å². The van der Waals surface area contributed by atoms with E-state index >= 15 is 0 Å². The first kappa shape index (κ1) is 23.5. The lowest BCUT2D eigenvalue weighted by molar-refractivity contribution is -0.143. The van der Waals surface area contributed by atoms with Gasteiger partial charge in [0.25, 0.3) is 0 Å². The van der Waals surface area contributed by atoms with E-state index in [1.165, 1.54) is 7.11 Å². The lowest BCUT2D eigenvalue weighted by Crippen LogP contribution is -2.40. The molecule has 31 heavy (non-hydrogen) atoms. The van der Waals surface area contributed by atoms with Crippen molar-refractivity contribution in [1.82, 2.24) is 10.2 Å². The first-order valence-corrected chi connectivity index (χ1v) is 10.9. The fraction of sp³-hybridized carbons (Fsp3) is 0.391. The van der Waals surface area contributed by atoms with Crippen molar-refractivity contribution in [1.29, 1.82) is 0 Å². The molecule has 0 aliphatic carbocycles. The van der Waals surface area contributed by atoms with Crippen molar-refractivity contribution in [2.24, 2.45) is 0 Å². The van der Waals surface area contributed by atoms with Gasteiger partial charge in [-0.05, 0) is 29.7 Å². The molecule has 0 saturated carbocycles. The molecule has 166 valence electrons. The molecule has 8 heteroatoms. The van der Waals surface area contributed by atoms with E-state index in [2.05, 4.69) is 10.2 Å². The molecular weight excluding hydrogens is 439 g/mol. The van der Waals surface area contributed by atoms with E-state index in [1.54, 1.807) is 18.2 Å². The van der Waals surface area contributed by atoms with E-state index in [1.807, 2.05) is 30.3 Å². The average molecular weight is 465 g/mol. The van der Waals surface area contributed by atoms with Gasteiger partial charge in [0.2, 0.25) is 5.91 Å². The first-order valence-electron chi connectivity index (χ1n) is 10.1. The summed E-state index contributed by atoms with van der Waals surface area (Å²) in [5.41, 5.74) is 1.53. The number of benzene rings is 2. The number of nitrogens with zero attached hydrogens (tertiary/aromatic N) is 1. The van der Waals surface area contributed by atoms with Crippen LogP contribution in [-0.4, -0.2) is 54.7 Å². The predicted molar refractivity (Wildman–Crippen MR) is 120 cm³/mol. The Morgan fingerprint density at radius 3 is 2.52 bits per heavy atom. The molecular formula is C23H26Cl2N2O4. The number of methoxy groups -OCH3 is 1. The van der Waals surface area contributed by atoms with Gasteiger partial charge in [0, 0.05) is 19.6 Å². The fourth-order valence-corrected chi connectivity index (χ4v) is 4.08. The summed E-state index contributed by atoms with van der Waals surface area (Å²) in [4.78, 5) is 27.5. The molecule has 2 N–H and O–H groups in total. The van der Waals surface area contributed by atoms with Crippen LogP contribution in [0.3, 0.4) is 0 Å². The van der Waals surface area contributed by atoms with Crippen LogP contribution in [0.2, 0.25) is 10.0 Å². The second-order valence-electron chi connectivity index (χ2n) is 7.68. The number of aliphatic hydroxyl groups is 1. The molecule has 1 aliphatic rings. The van der Waals surface area contributed by atoms with E-state index in [0.29, 0.717) is 35.1 Å². The fourth-order valence-electron chi connectivity index (χ4n) is 3.77. The molecule has 6 nitrogen and oxygen atoms in total. The molecule has 0 radical (unpaired) electrons. The van der Waals surface area contributed by atoms with Crippen molar-refractivity contribution in [3.8, 4) is 0 Å². The number of esters is 1. The number of hydrogen-bond acceptors (Lipinski definition) is 5. The monoisotopic (exact) mass is 464 g/mol. The average Bonchev–Trinajstić information content (AvgIpc) is 3.18. The molecule has 1 saturated heterocycles. The number of nitrogens with one attached hydrogen (secondary N) is 1. The highest BCUT2D eigenvalue weighted by atomic mass is 35.5. The molecule has 1 amide bonds. The Balaban J connectivity index is 1.84. The maximum Gasteiger partial charge on any atom is 0.306 e. The number of carbonyl (C=O) groups is 2. The number of likely N-dealkylation sites (tertiary alicyclic amines) is 1. The Hall–Kier alpha value is -2.12. The Morgan fingerprint density at radius 2 is 1.90 bits per heavy atom. The second-order valence-corrected chi connectivity index (χ2v) is 8.49. The SMILES string of the molecule is COC(=O)CC(C(=O)NC(CN1CCC(O)C1)c1ccccc1)c1ccc(Cl)c(Cl)c1. The number of amides is 1. The highest BCUT2D eigenvalue weighted by molar-refractivity contribution is 6.42. The van der Waals surface area contributed by atoms with Gasteiger partial charge in [0.05, 0.1) is 41.6 Å². The van der Waals surface area contributed by atoms with E-state index in [0.717, 1.165) is 12.1 Å². The molecule has 3 atom stereocenters. The minimum absolute atomic E-state index is 0.121. The largest absolute Gasteiger partial charge is 0.469 e. The molecule has 1 fully saturated rings. The first-order chi connectivity index (χ1) is 14.9. The Labute approximate surface area is 192 Å². The van der Waals surface area contributed by atoms with Crippen molar-refractivity contribution in [2.75, 3.05) is 26.7 Å². The smallest absolute Gasteiger partial charge is 0.306 e. The summed E-state index contributed by atoms with van der Waals surface area (Å²) in [5.74, 6) is -1.58. The summed E-state index contributed by atoms with van der Waals surface area (Å²) in [7, 11) is 1.29. The third-order valence-corrected chi connectivity index (χ3v) is 6.21. The number of rotatable bonds is 8. The molecule has 0 bridgehead atoms. The number of β-amino-alcohol motifs (C(OH)–C–C–N with tert-alkyl or cyclic N) is 1. The summed E-state index contributed by atoms with van der Waals surface area (Å²) >= 11 is 12.2. The summed E-state index contributed by atoms with van der Waals surface area (Å²) in [6, 6.07) is 14.2. The van der Waals surface area contributed by atoms with Crippen LogP contribution in [0, 0.1) is 0 Å². The Morgan fingerprint density at radius 1 is 1.16 bits per heavy atom. The zero-order valence-corrected chi connectivity index (χ0v) is 18.8. The van der Waals surface area contributed by atoms with Crippen LogP contribution in [0.1, 0.15) is 35.9 Å². The molecule has 1 aliphatic heterocycles. The van der Waals surface area contributed by atoms with Crippen LogP contribution >= 0.6 is 23.2 Å². The number of ether oxygens (including phenoxy) is 1. The van der Waals surface area contributed by atoms with Gasteiger partial charge in [-0.25, -0.2) is 0 Å². The zero-order valence-electron chi connectivity index (χ0n) is 17.3. The number of carbonyl (C=O) groups excluding carboxylic acids is 2. The maximum absolute atomic E-state index is 13.4. The summed E-state index contributed by atoms with van der Waals surface area (Å²) in [6.45, 7) is 1.88. The van der Waals surface area contributed by atoms with Gasteiger partial charge in [-0.3, -0.25) is 14.5 Å². The lowest BCUT2D eigenvalue weighted by atomic mass is 9.94. The standard InChI is InChI=1S/C23H26Cl2N2O4/c1-31-22(29)12-18(16-7-8-19(24)20(25)11-16)23(30)26-21(15-5-3-2-4-6-15)14-27-10-9-17(28)13-27/h2-8,11,17-18,21,28H,9-10,12-14H2,1H3,(H,26,30). The maximum atomic E-state index is 13.4. The molecule has 0 aromatic heterocycles. The van der Waals surface area contributed by atoms with Gasteiger partial charge in [-0.1, -0.05) is 59.6 Å². The minimum Gasteiger partial charge on any atom is -0.469 e. The molecule has 0 spiro atoms. The number of halogens is 2. The van der Waals surface area contributed by atoms with Crippen molar-refractivity contribution < 1.29 is 19.4 Å². The van der Waals surface area contributed by atoms with Crippen LogP contribution in [-0.2, 0) is 14.3 Å². The second kappa shape index (κ2) is 11.0. The molecule has 2 aromatic carbocycles. The van der Waals surface area contributed by atoms with E-state index in [9.17, 15) is 14.7 Å². The van der Waals surface area contributed by atoms with E-state index in [4.69, 9.17) is 27.9 Å². The Kier molecular flexibility index (Phi) is 8.32. The topological polar surface area (TPSA) is 78.9 Å². The Bertz CT molecular complexity index is 910. The molecule has 2 aromatic rings. The molecule has 1 heterocycles. The van der Waals surface area contributed by atoms with Crippen molar-refractivity contribution >= 4 is 35.1 Å². The van der Waals surface area contributed by atoms with E-state index in [-0.39, 0.29) is 24.5 Å². The van der Waals surface area contributed by atoms with Crippen LogP contribution in [0.25, 0.3) is 0 Å². The van der Waals surface area contributed by atoms with Crippen molar-refractivity contribution in [2.45, 2.75) is 30.9 Å². The quantitative estimate of drug-likeness (QED) is 0.583. The lowest BCUT2D eigenvalue weighted by Gasteiger charge is -2.27. The van der Waals surface area contributed by atoms with Crippen LogP contribution in [0.5, 0.6) is 0 Å².